The van der Waals surface area contributed by atoms with E-state index in [1.54, 1.807) is 11.0 Å². The first-order valence-electron chi connectivity index (χ1n) is 7.24. The maximum Gasteiger partial charge on any atom is 0.410 e. The minimum absolute atomic E-state index is 0.0631. The summed E-state index contributed by atoms with van der Waals surface area (Å²) in [4.78, 5) is 23.4. The van der Waals surface area contributed by atoms with E-state index >= 15 is 0 Å². The molecule has 0 aromatic heterocycles. The molecule has 0 bridgehead atoms. The van der Waals surface area contributed by atoms with Crippen molar-refractivity contribution in [1.82, 2.24) is 4.90 Å². The average Bonchev–Trinajstić information content (AvgIpc) is 2.94. The molecular formula is C16H14ClN3O4. The quantitative estimate of drug-likeness (QED) is 0.654. The fraction of sp³-hybridized carbons (Fsp3) is 0.188. The van der Waals surface area contributed by atoms with Crippen molar-refractivity contribution >= 4 is 34.8 Å². The van der Waals surface area contributed by atoms with Gasteiger partial charge in [-0.15, -0.1) is 0 Å². The topological polar surface area (TPSA) is 84.7 Å². The first kappa shape index (κ1) is 16.1. The van der Waals surface area contributed by atoms with Crippen LogP contribution in [0.4, 0.5) is 21.9 Å². The monoisotopic (exact) mass is 347 g/mol. The average molecular weight is 348 g/mol. The van der Waals surface area contributed by atoms with Gasteiger partial charge in [-0.2, -0.15) is 0 Å². The number of cyclic esters (lactones) is 1. The van der Waals surface area contributed by atoms with Gasteiger partial charge in [0.25, 0.3) is 5.69 Å². The van der Waals surface area contributed by atoms with Gasteiger partial charge in [0.1, 0.15) is 6.61 Å². The molecule has 0 saturated carbocycles. The van der Waals surface area contributed by atoms with Crippen molar-refractivity contribution in [3.05, 3.63) is 63.2 Å². The van der Waals surface area contributed by atoms with Gasteiger partial charge in [0, 0.05) is 24.4 Å². The van der Waals surface area contributed by atoms with Crippen LogP contribution >= 0.6 is 11.6 Å². The molecule has 1 heterocycles. The van der Waals surface area contributed by atoms with Gasteiger partial charge in [-0.1, -0.05) is 23.7 Å². The van der Waals surface area contributed by atoms with E-state index in [-0.39, 0.29) is 16.8 Å². The fourth-order valence-electron chi connectivity index (χ4n) is 2.41. The second-order valence-electron chi connectivity index (χ2n) is 5.28. The van der Waals surface area contributed by atoms with E-state index < -0.39 is 4.92 Å². The number of nitrogens with one attached hydrogen (secondary N) is 1. The third-order valence-corrected chi connectivity index (χ3v) is 3.90. The summed E-state index contributed by atoms with van der Waals surface area (Å²) < 4.78 is 4.91. The second kappa shape index (κ2) is 6.76. The Balaban J connectivity index is 1.75. The van der Waals surface area contributed by atoms with Crippen molar-refractivity contribution < 1.29 is 14.5 Å². The summed E-state index contributed by atoms with van der Waals surface area (Å²) in [6.45, 7) is 1.45. The highest BCUT2D eigenvalue weighted by atomic mass is 35.5. The van der Waals surface area contributed by atoms with Crippen LogP contribution in [0.3, 0.4) is 0 Å². The van der Waals surface area contributed by atoms with Crippen molar-refractivity contribution in [2.75, 3.05) is 18.5 Å². The number of anilines is 2. The molecule has 1 amide bonds. The maximum atomic E-state index is 11.5. The Morgan fingerprint density at radius 3 is 2.79 bits per heavy atom. The van der Waals surface area contributed by atoms with Gasteiger partial charge in [-0.05, 0) is 23.8 Å². The molecule has 0 spiro atoms. The Kier molecular flexibility index (Phi) is 4.52. The van der Waals surface area contributed by atoms with E-state index in [4.69, 9.17) is 16.3 Å². The van der Waals surface area contributed by atoms with Crippen LogP contribution in [-0.4, -0.2) is 29.1 Å². The lowest BCUT2D eigenvalue weighted by molar-refractivity contribution is -0.384. The molecule has 0 aliphatic carbocycles. The SMILES string of the molecule is O=C1OCCN1Cc1cccc(Nc2ccc([N+](=O)[O-])cc2Cl)c1. The van der Waals surface area contributed by atoms with E-state index in [0.29, 0.717) is 25.4 Å². The van der Waals surface area contributed by atoms with Crippen LogP contribution in [0, 0.1) is 10.1 Å². The summed E-state index contributed by atoms with van der Waals surface area (Å²) in [5.74, 6) is 0. The Hall–Kier alpha value is -2.80. The zero-order valence-electron chi connectivity index (χ0n) is 12.6. The van der Waals surface area contributed by atoms with Crippen LogP contribution in [0.25, 0.3) is 0 Å². The van der Waals surface area contributed by atoms with E-state index in [1.165, 1.54) is 12.1 Å². The molecule has 1 fully saturated rings. The Morgan fingerprint density at radius 1 is 1.29 bits per heavy atom. The van der Waals surface area contributed by atoms with Crippen molar-refractivity contribution in [2.45, 2.75) is 6.54 Å². The predicted octanol–water partition coefficient (Wildman–Crippen LogP) is 3.94. The van der Waals surface area contributed by atoms with Crippen LogP contribution < -0.4 is 5.32 Å². The van der Waals surface area contributed by atoms with Crippen molar-refractivity contribution in [1.29, 1.82) is 0 Å². The molecular weight excluding hydrogens is 334 g/mol. The maximum absolute atomic E-state index is 11.5. The summed E-state index contributed by atoms with van der Waals surface area (Å²) >= 11 is 6.08. The number of non-ortho nitro benzene ring substituents is 1. The largest absolute Gasteiger partial charge is 0.448 e. The van der Waals surface area contributed by atoms with Crippen molar-refractivity contribution in [3.63, 3.8) is 0 Å². The highest BCUT2D eigenvalue weighted by Gasteiger charge is 2.21. The number of carbonyl (C=O) groups excluding carboxylic acids is 1. The molecule has 1 aliphatic heterocycles. The molecule has 3 rings (SSSR count). The third kappa shape index (κ3) is 3.57. The molecule has 0 atom stereocenters. The molecule has 1 aliphatic rings. The lowest BCUT2D eigenvalue weighted by Crippen LogP contribution is -2.23. The van der Waals surface area contributed by atoms with Crippen LogP contribution in [0.2, 0.25) is 5.02 Å². The predicted molar refractivity (Wildman–Crippen MR) is 89.6 cm³/mol. The van der Waals surface area contributed by atoms with Crippen LogP contribution in [0.1, 0.15) is 5.56 Å². The summed E-state index contributed by atoms with van der Waals surface area (Å²) in [6.07, 6.45) is -0.313. The van der Waals surface area contributed by atoms with Gasteiger partial charge in [0.15, 0.2) is 0 Å². The van der Waals surface area contributed by atoms with E-state index in [2.05, 4.69) is 5.32 Å². The zero-order valence-corrected chi connectivity index (χ0v) is 13.3. The zero-order chi connectivity index (χ0) is 17.1. The molecule has 0 unspecified atom stereocenters. The first-order valence-corrected chi connectivity index (χ1v) is 7.62. The molecule has 7 nitrogen and oxygen atoms in total. The number of amides is 1. The lowest BCUT2D eigenvalue weighted by atomic mass is 10.2. The van der Waals surface area contributed by atoms with Crippen LogP contribution in [0.5, 0.6) is 0 Å². The highest BCUT2D eigenvalue weighted by molar-refractivity contribution is 6.33. The Morgan fingerprint density at radius 2 is 2.12 bits per heavy atom. The number of nitrogens with zero attached hydrogens (tertiary/aromatic N) is 2. The number of hydrogen-bond donors (Lipinski definition) is 1. The lowest BCUT2D eigenvalue weighted by Gasteiger charge is -2.14. The minimum atomic E-state index is -0.495. The number of rotatable bonds is 5. The number of carbonyl (C=O) groups is 1. The van der Waals surface area contributed by atoms with E-state index in [1.807, 2.05) is 24.3 Å². The molecule has 1 saturated heterocycles. The van der Waals surface area contributed by atoms with Gasteiger partial charge in [-0.3, -0.25) is 10.1 Å². The normalized spacial score (nSPS) is 13.7. The Labute approximate surface area is 142 Å². The van der Waals surface area contributed by atoms with Gasteiger partial charge in [-0.25, -0.2) is 4.79 Å². The second-order valence-corrected chi connectivity index (χ2v) is 5.69. The van der Waals surface area contributed by atoms with Crippen molar-refractivity contribution in [2.24, 2.45) is 0 Å². The number of ether oxygens (including phenoxy) is 1. The first-order chi connectivity index (χ1) is 11.5. The fourth-order valence-corrected chi connectivity index (χ4v) is 2.63. The molecule has 2 aromatic rings. The minimum Gasteiger partial charge on any atom is -0.448 e. The highest BCUT2D eigenvalue weighted by Crippen LogP contribution is 2.29. The van der Waals surface area contributed by atoms with Crippen LogP contribution in [-0.2, 0) is 11.3 Å². The molecule has 8 heteroatoms. The molecule has 1 N–H and O–H groups in total. The number of benzene rings is 2. The van der Waals surface area contributed by atoms with E-state index in [9.17, 15) is 14.9 Å². The van der Waals surface area contributed by atoms with E-state index in [0.717, 1.165) is 11.3 Å². The van der Waals surface area contributed by atoms with Crippen molar-refractivity contribution in [3.8, 4) is 0 Å². The number of hydrogen-bond acceptors (Lipinski definition) is 5. The smallest absolute Gasteiger partial charge is 0.410 e. The Bertz CT molecular complexity index is 797. The third-order valence-electron chi connectivity index (χ3n) is 3.59. The molecule has 2 aromatic carbocycles. The van der Waals surface area contributed by atoms with Gasteiger partial charge < -0.3 is 15.0 Å². The van der Waals surface area contributed by atoms with Crippen LogP contribution in [0.15, 0.2) is 42.5 Å². The summed E-state index contributed by atoms with van der Waals surface area (Å²) in [5.41, 5.74) is 2.22. The molecule has 24 heavy (non-hydrogen) atoms. The number of nitro groups is 1. The number of halogens is 1. The summed E-state index contributed by atoms with van der Waals surface area (Å²) in [7, 11) is 0. The summed E-state index contributed by atoms with van der Waals surface area (Å²) in [6, 6.07) is 11.8. The molecule has 0 radical (unpaired) electrons. The molecule has 124 valence electrons. The standard InChI is InChI=1S/C16H14ClN3O4/c17-14-9-13(20(22)23)4-5-15(14)18-12-3-1-2-11(8-12)10-19-6-7-24-16(19)21/h1-5,8-9,18H,6-7,10H2. The van der Waals surface area contributed by atoms with Gasteiger partial charge >= 0.3 is 6.09 Å². The van der Waals surface area contributed by atoms with Gasteiger partial charge in [0.05, 0.1) is 22.2 Å². The van der Waals surface area contributed by atoms with Gasteiger partial charge in [0.2, 0.25) is 0 Å². The summed E-state index contributed by atoms with van der Waals surface area (Å²) in [5, 5.41) is 14.1. The number of nitro benzene ring substituents is 1.